The van der Waals surface area contributed by atoms with E-state index in [2.05, 4.69) is 34.8 Å². The van der Waals surface area contributed by atoms with Crippen LogP contribution in [0.5, 0.6) is 0 Å². The lowest BCUT2D eigenvalue weighted by Gasteiger charge is -2.14. The van der Waals surface area contributed by atoms with Crippen molar-refractivity contribution in [3.05, 3.63) is 136 Å². The summed E-state index contributed by atoms with van der Waals surface area (Å²) in [5.41, 5.74) is 4.68. The molecule has 0 aliphatic rings. The van der Waals surface area contributed by atoms with Crippen LogP contribution in [0.4, 0.5) is 10.8 Å². The second kappa shape index (κ2) is 15.7. The number of halogens is 1. The number of hydrogen-bond acceptors (Lipinski definition) is 6. The lowest BCUT2D eigenvalue weighted by atomic mass is 10.0. The minimum Gasteiger partial charge on any atom is -0.321 e. The van der Waals surface area contributed by atoms with Gasteiger partial charge in [-0.25, -0.2) is 4.98 Å². The molecular weight excluding hydrogens is 648 g/mol. The molecule has 238 valence electrons. The van der Waals surface area contributed by atoms with Gasteiger partial charge in [0.15, 0.2) is 5.13 Å². The van der Waals surface area contributed by atoms with Gasteiger partial charge in [0, 0.05) is 32.1 Å². The standard InChI is InChI=1S/C37H33ClN4O3S2/c1-23(2)26-14-12-25(13-15-26)20-32(40-35(44)28-8-5-4-6-9-28)36(45)39-30-10-7-11-31(21-30)47-24(3)34(43)42-37-41-33(22-46-37)27-16-18-29(38)19-17-27/h4-24H,1-3H3,(H,39,45)(H,40,44)(H,41,42,43)/b32-20+. The number of aromatic nitrogens is 1. The molecule has 3 amide bonds. The third-order valence-corrected chi connectivity index (χ3v) is 9.19. The van der Waals surface area contributed by atoms with Crippen molar-refractivity contribution >= 4 is 69.3 Å². The second-order valence-corrected chi connectivity index (χ2v) is 13.7. The van der Waals surface area contributed by atoms with Crippen LogP contribution < -0.4 is 16.0 Å². The van der Waals surface area contributed by atoms with Crippen LogP contribution in [0.25, 0.3) is 17.3 Å². The number of amides is 3. The summed E-state index contributed by atoms with van der Waals surface area (Å²) in [4.78, 5) is 44.9. The first-order valence-electron chi connectivity index (χ1n) is 14.9. The number of carbonyl (C=O) groups excluding carboxylic acids is 3. The maximum Gasteiger partial charge on any atom is 0.272 e. The Morgan fingerprint density at radius 2 is 1.57 bits per heavy atom. The number of anilines is 2. The van der Waals surface area contributed by atoms with E-state index < -0.39 is 17.1 Å². The van der Waals surface area contributed by atoms with Gasteiger partial charge in [0.1, 0.15) is 5.70 Å². The first-order valence-corrected chi connectivity index (χ1v) is 17.1. The van der Waals surface area contributed by atoms with Crippen LogP contribution in [-0.2, 0) is 9.59 Å². The summed E-state index contributed by atoms with van der Waals surface area (Å²) in [6.45, 7) is 6.04. The number of thiazole rings is 1. The van der Waals surface area contributed by atoms with Crippen molar-refractivity contribution in [2.75, 3.05) is 10.6 Å². The number of thioether (sulfide) groups is 1. The average Bonchev–Trinajstić information content (AvgIpc) is 3.53. The molecule has 0 spiro atoms. The third kappa shape index (κ3) is 9.42. The van der Waals surface area contributed by atoms with E-state index in [9.17, 15) is 14.4 Å². The maximum atomic E-state index is 13.5. The van der Waals surface area contributed by atoms with E-state index in [0.29, 0.717) is 27.3 Å². The van der Waals surface area contributed by atoms with Crippen molar-refractivity contribution in [2.24, 2.45) is 0 Å². The molecule has 4 aromatic carbocycles. The number of benzene rings is 4. The Morgan fingerprint density at radius 3 is 2.28 bits per heavy atom. The highest BCUT2D eigenvalue weighted by atomic mass is 35.5. The lowest BCUT2D eigenvalue weighted by Crippen LogP contribution is -2.30. The van der Waals surface area contributed by atoms with Crippen molar-refractivity contribution in [2.45, 2.75) is 36.8 Å². The summed E-state index contributed by atoms with van der Waals surface area (Å²) in [5, 5.41) is 11.2. The van der Waals surface area contributed by atoms with Gasteiger partial charge in [-0.05, 0) is 72.5 Å². The van der Waals surface area contributed by atoms with Crippen LogP contribution in [0.1, 0.15) is 48.2 Å². The fraction of sp³-hybridized carbons (Fsp3) is 0.135. The number of nitrogens with zero attached hydrogens (tertiary/aromatic N) is 1. The summed E-state index contributed by atoms with van der Waals surface area (Å²) in [7, 11) is 0. The summed E-state index contributed by atoms with van der Waals surface area (Å²) >= 11 is 8.69. The topological polar surface area (TPSA) is 100 Å². The normalized spacial score (nSPS) is 12.0. The number of nitrogens with one attached hydrogen (secondary N) is 3. The molecule has 0 fully saturated rings. The number of rotatable bonds is 11. The summed E-state index contributed by atoms with van der Waals surface area (Å²) in [5.74, 6) is -0.697. The first kappa shape index (κ1) is 33.7. The molecule has 3 N–H and O–H groups in total. The predicted octanol–water partition coefficient (Wildman–Crippen LogP) is 9.12. The summed E-state index contributed by atoms with van der Waals surface area (Å²) < 4.78 is 0. The van der Waals surface area contributed by atoms with Crippen LogP contribution in [-0.4, -0.2) is 28.0 Å². The zero-order valence-electron chi connectivity index (χ0n) is 26.0. The Morgan fingerprint density at radius 1 is 0.851 bits per heavy atom. The van der Waals surface area contributed by atoms with Gasteiger partial charge in [0.05, 0.1) is 10.9 Å². The van der Waals surface area contributed by atoms with E-state index in [-0.39, 0.29) is 11.6 Å². The number of carbonyl (C=O) groups is 3. The molecular formula is C37H33ClN4O3S2. The lowest BCUT2D eigenvalue weighted by molar-refractivity contribution is -0.115. The molecule has 47 heavy (non-hydrogen) atoms. The van der Waals surface area contributed by atoms with E-state index in [1.165, 1.54) is 28.7 Å². The highest BCUT2D eigenvalue weighted by molar-refractivity contribution is 8.00. The van der Waals surface area contributed by atoms with Gasteiger partial charge >= 0.3 is 0 Å². The van der Waals surface area contributed by atoms with Gasteiger partial charge in [-0.1, -0.05) is 86.1 Å². The van der Waals surface area contributed by atoms with E-state index in [4.69, 9.17) is 11.6 Å². The van der Waals surface area contributed by atoms with Gasteiger partial charge in [0.2, 0.25) is 5.91 Å². The van der Waals surface area contributed by atoms with Crippen molar-refractivity contribution in [3.63, 3.8) is 0 Å². The zero-order valence-corrected chi connectivity index (χ0v) is 28.4. The van der Waals surface area contributed by atoms with Gasteiger partial charge in [-0.2, -0.15) is 0 Å². The molecule has 7 nitrogen and oxygen atoms in total. The van der Waals surface area contributed by atoms with Crippen molar-refractivity contribution in [3.8, 4) is 11.3 Å². The molecule has 5 rings (SSSR count). The summed E-state index contributed by atoms with van der Waals surface area (Å²) in [6, 6.07) is 31.2. The summed E-state index contributed by atoms with van der Waals surface area (Å²) in [6.07, 6.45) is 1.66. The fourth-order valence-corrected chi connectivity index (χ4v) is 6.26. The molecule has 1 aromatic heterocycles. The molecule has 0 bridgehead atoms. The SMILES string of the molecule is CC(Sc1cccc(NC(=O)/C(=C\c2ccc(C(C)C)cc2)NC(=O)c2ccccc2)c1)C(=O)Nc1nc(-c2ccc(Cl)cc2)cs1. The Hall–Kier alpha value is -4.70. The minimum atomic E-state index is -0.476. The van der Waals surface area contributed by atoms with Crippen LogP contribution in [0, 0.1) is 0 Å². The molecule has 0 radical (unpaired) electrons. The molecule has 5 aromatic rings. The van der Waals surface area contributed by atoms with Gasteiger partial charge < -0.3 is 16.0 Å². The highest BCUT2D eigenvalue weighted by Crippen LogP contribution is 2.29. The van der Waals surface area contributed by atoms with E-state index >= 15 is 0 Å². The maximum absolute atomic E-state index is 13.5. The quantitative estimate of drug-likeness (QED) is 0.0955. The van der Waals surface area contributed by atoms with Crippen LogP contribution >= 0.6 is 34.7 Å². The molecule has 1 atom stereocenters. The molecule has 10 heteroatoms. The van der Waals surface area contributed by atoms with Gasteiger partial charge in [-0.3, -0.25) is 14.4 Å². The fourth-order valence-electron chi connectivity index (χ4n) is 4.48. The van der Waals surface area contributed by atoms with E-state index in [1.54, 1.807) is 60.7 Å². The average molecular weight is 681 g/mol. The smallest absolute Gasteiger partial charge is 0.272 e. The highest BCUT2D eigenvalue weighted by Gasteiger charge is 2.18. The molecule has 0 saturated carbocycles. The Balaban J connectivity index is 1.26. The monoisotopic (exact) mass is 680 g/mol. The number of hydrogen-bond donors (Lipinski definition) is 3. The van der Waals surface area contributed by atoms with Crippen molar-refractivity contribution in [1.29, 1.82) is 0 Å². The minimum absolute atomic E-state index is 0.100. The largest absolute Gasteiger partial charge is 0.321 e. The first-order chi connectivity index (χ1) is 22.6. The third-order valence-electron chi connectivity index (χ3n) is 7.09. The van der Waals surface area contributed by atoms with Crippen LogP contribution in [0.3, 0.4) is 0 Å². The van der Waals surface area contributed by atoms with Crippen LogP contribution in [0.2, 0.25) is 5.02 Å². The van der Waals surface area contributed by atoms with Crippen molar-refractivity contribution in [1.82, 2.24) is 10.3 Å². The van der Waals surface area contributed by atoms with E-state index in [1.807, 2.05) is 60.8 Å². The predicted molar refractivity (Wildman–Crippen MR) is 194 cm³/mol. The molecule has 0 aliphatic carbocycles. The second-order valence-electron chi connectivity index (χ2n) is 11.0. The Kier molecular flexibility index (Phi) is 11.3. The van der Waals surface area contributed by atoms with Gasteiger partial charge in [-0.15, -0.1) is 23.1 Å². The zero-order chi connectivity index (χ0) is 33.3. The molecule has 0 saturated heterocycles. The Labute approximate surface area is 287 Å². The Bertz CT molecular complexity index is 1890. The molecule has 0 aliphatic heterocycles. The van der Waals surface area contributed by atoms with Gasteiger partial charge in [0.25, 0.3) is 11.8 Å². The van der Waals surface area contributed by atoms with Crippen LogP contribution in [0.15, 0.2) is 119 Å². The molecule has 1 heterocycles. The van der Waals surface area contributed by atoms with E-state index in [0.717, 1.165) is 21.7 Å². The molecule has 1 unspecified atom stereocenters. The van der Waals surface area contributed by atoms with Crippen molar-refractivity contribution < 1.29 is 14.4 Å².